The second kappa shape index (κ2) is 12.0. The first kappa shape index (κ1) is 27.8. The molecule has 0 fully saturated rings. The summed E-state index contributed by atoms with van der Waals surface area (Å²) in [6.45, 7) is 6.82. The van der Waals surface area contributed by atoms with Crippen LogP contribution in [0.4, 0.5) is 11.9 Å². The second-order valence-corrected chi connectivity index (χ2v) is 11.1. The van der Waals surface area contributed by atoms with Crippen molar-refractivity contribution in [2.24, 2.45) is 0 Å². The molecular weight excluding hydrogens is 502 g/mol. The molecule has 1 unspecified atom stereocenters. The van der Waals surface area contributed by atoms with Gasteiger partial charge in [0.2, 0.25) is 21.9 Å². The Balaban J connectivity index is 1.99. The number of aromatic nitrogens is 6. The Morgan fingerprint density at radius 1 is 1.14 bits per heavy atom. The molecule has 0 radical (unpaired) electrons. The summed E-state index contributed by atoms with van der Waals surface area (Å²) in [7, 11) is 1.66. The summed E-state index contributed by atoms with van der Waals surface area (Å²) in [5, 5.41) is 9.44. The van der Waals surface area contributed by atoms with Crippen molar-refractivity contribution in [3.05, 3.63) is 30.1 Å². The molecule has 2 N–H and O–H groups in total. The van der Waals surface area contributed by atoms with Crippen LogP contribution in [0, 0.1) is 0 Å². The average molecular weight is 536 g/mol. The van der Waals surface area contributed by atoms with Crippen molar-refractivity contribution in [3.63, 3.8) is 0 Å². The lowest BCUT2D eigenvalue weighted by Gasteiger charge is -2.20. The van der Waals surface area contributed by atoms with Gasteiger partial charge in [-0.1, -0.05) is 37.7 Å². The number of rotatable bonds is 12. The number of ether oxygens (including phenoxy) is 1. The highest BCUT2D eigenvalue weighted by atomic mass is 32.2. The molecule has 0 bridgehead atoms. The molecule has 14 heteroatoms. The van der Waals surface area contributed by atoms with Crippen LogP contribution >= 0.6 is 11.8 Å². The largest absolute Gasteiger partial charge is 0.383 e. The van der Waals surface area contributed by atoms with Gasteiger partial charge in [0.25, 0.3) is 0 Å². The molecule has 0 saturated carbocycles. The second-order valence-electron chi connectivity index (χ2n) is 8.19. The summed E-state index contributed by atoms with van der Waals surface area (Å²) >= 11 is 1.40. The third-order valence-electron chi connectivity index (χ3n) is 5.37. The van der Waals surface area contributed by atoms with Gasteiger partial charge in [-0.3, -0.25) is 4.57 Å². The van der Waals surface area contributed by atoms with Gasteiger partial charge in [-0.2, -0.15) is 19.3 Å². The molecule has 1 aromatic carbocycles. The predicted octanol–water partition coefficient (Wildman–Crippen LogP) is 2.31. The Kier molecular flexibility index (Phi) is 9.22. The normalized spacial score (nSPS) is 12.8. The van der Waals surface area contributed by atoms with Crippen LogP contribution in [0.25, 0.3) is 11.4 Å². The Bertz CT molecular complexity index is 1280. The molecule has 0 saturated heterocycles. The summed E-state index contributed by atoms with van der Waals surface area (Å²) in [6.07, 6.45) is 0. The zero-order valence-electron chi connectivity index (χ0n) is 21.4. The van der Waals surface area contributed by atoms with Gasteiger partial charge in [-0.25, -0.2) is 8.42 Å². The van der Waals surface area contributed by atoms with E-state index in [9.17, 15) is 8.42 Å². The van der Waals surface area contributed by atoms with Gasteiger partial charge in [0.1, 0.15) is 5.82 Å². The summed E-state index contributed by atoms with van der Waals surface area (Å²) in [4.78, 5) is 14.8. The van der Waals surface area contributed by atoms with Gasteiger partial charge in [0.15, 0.2) is 11.0 Å². The van der Waals surface area contributed by atoms with Crippen LogP contribution in [-0.2, 0) is 20.5 Å². The van der Waals surface area contributed by atoms with Crippen LogP contribution in [0.1, 0.15) is 32.6 Å². The molecule has 2 aromatic heterocycles. The zero-order chi connectivity index (χ0) is 26.5. The third-order valence-corrected chi connectivity index (χ3v) is 8.35. The lowest BCUT2D eigenvalue weighted by Crippen LogP contribution is -2.30. The minimum atomic E-state index is -3.62. The van der Waals surface area contributed by atoms with Crippen LogP contribution < -0.4 is 10.6 Å². The molecule has 0 aliphatic carbocycles. The highest BCUT2D eigenvalue weighted by Crippen LogP contribution is 2.31. The first-order valence-electron chi connectivity index (χ1n) is 11.5. The van der Waals surface area contributed by atoms with Crippen LogP contribution in [0.3, 0.4) is 0 Å². The van der Waals surface area contributed by atoms with Crippen LogP contribution in [-0.4, -0.2) is 83.3 Å². The van der Waals surface area contributed by atoms with E-state index in [1.807, 2.05) is 45.5 Å². The quantitative estimate of drug-likeness (QED) is 0.341. The van der Waals surface area contributed by atoms with Crippen molar-refractivity contribution in [2.45, 2.75) is 42.6 Å². The number of nitrogens with two attached hydrogens (primary N) is 1. The van der Waals surface area contributed by atoms with Crippen molar-refractivity contribution < 1.29 is 13.2 Å². The molecule has 0 amide bonds. The summed E-state index contributed by atoms with van der Waals surface area (Å²) in [5.41, 5.74) is 6.50. The number of hydrogen-bond acceptors (Lipinski definition) is 11. The number of hydrogen-bond donors (Lipinski definition) is 1. The van der Waals surface area contributed by atoms with Crippen molar-refractivity contribution in [1.29, 1.82) is 0 Å². The first-order chi connectivity index (χ1) is 17.1. The van der Waals surface area contributed by atoms with E-state index in [2.05, 4.69) is 25.1 Å². The zero-order valence-corrected chi connectivity index (χ0v) is 23.0. The lowest BCUT2D eigenvalue weighted by molar-refractivity contribution is 0.159. The molecule has 196 valence electrons. The minimum Gasteiger partial charge on any atom is -0.383 e. The topological polar surface area (TPSA) is 145 Å². The fourth-order valence-corrected chi connectivity index (χ4v) is 6.01. The van der Waals surface area contributed by atoms with Gasteiger partial charge in [0.05, 0.1) is 23.3 Å². The number of sulfonamides is 1. The number of thioether (sulfide) groups is 1. The summed E-state index contributed by atoms with van der Waals surface area (Å²) < 4.78 is 34.9. The molecule has 3 rings (SSSR count). The fraction of sp³-hybridized carbons (Fsp3) is 0.500. The van der Waals surface area contributed by atoms with Crippen molar-refractivity contribution in [1.82, 2.24) is 34.0 Å². The van der Waals surface area contributed by atoms with E-state index in [-0.39, 0.29) is 16.9 Å². The SMILES string of the molecule is CCN(CC)S(=O)(=O)c1cccc(-c2nnc(SCc3nc(N)nc(N(C)C)n3)n2C(C)COC)c1. The fourth-order valence-electron chi connectivity index (χ4n) is 3.61. The number of benzene rings is 1. The van der Waals surface area contributed by atoms with E-state index in [0.717, 1.165) is 0 Å². The van der Waals surface area contributed by atoms with Gasteiger partial charge >= 0.3 is 0 Å². The number of anilines is 2. The predicted molar refractivity (Wildman–Crippen MR) is 140 cm³/mol. The number of nitrogens with zero attached hydrogens (tertiary/aromatic N) is 8. The molecular formula is C22H33N9O3S2. The summed E-state index contributed by atoms with van der Waals surface area (Å²) in [6, 6.07) is 6.66. The van der Waals surface area contributed by atoms with E-state index in [1.54, 1.807) is 30.2 Å². The Morgan fingerprint density at radius 2 is 1.86 bits per heavy atom. The van der Waals surface area contributed by atoms with E-state index >= 15 is 0 Å². The average Bonchev–Trinajstić information content (AvgIpc) is 3.27. The number of nitrogen functional groups attached to an aromatic ring is 1. The van der Waals surface area contributed by atoms with Gasteiger partial charge in [-0.05, 0) is 19.1 Å². The van der Waals surface area contributed by atoms with Crippen molar-refractivity contribution in [3.8, 4) is 11.4 Å². The molecule has 3 aromatic rings. The maximum absolute atomic E-state index is 13.1. The highest BCUT2D eigenvalue weighted by Gasteiger charge is 2.24. The van der Waals surface area contributed by atoms with Gasteiger partial charge in [-0.15, -0.1) is 10.2 Å². The molecule has 0 aliphatic heterocycles. The smallest absolute Gasteiger partial charge is 0.243 e. The van der Waals surface area contributed by atoms with Gasteiger partial charge < -0.3 is 15.4 Å². The highest BCUT2D eigenvalue weighted by molar-refractivity contribution is 7.98. The molecule has 0 aliphatic rings. The Morgan fingerprint density at radius 3 is 2.50 bits per heavy atom. The van der Waals surface area contributed by atoms with Crippen molar-refractivity contribution >= 4 is 33.7 Å². The molecule has 1 atom stereocenters. The third kappa shape index (κ3) is 6.11. The monoisotopic (exact) mass is 535 g/mol. The Hall–Kier alpha value is -2.81. The van der Waals surface area contributed by atoms with Crippen LogP contribution in [0.5, 0.6) is 0 Å². The van der Waals surface area contributed by atoms with Gasteiger partial charge in [0, 0.05) is 39.9 Å². The van der Waals surface area contributed by atoms with E-state index in [0.29, 0.717) is 53.8 Å². The lowest BCUT2D eigenvalue weighted by atomic mass is 10.2. The van der Waals surface area contributed by atoms with E-state index in [4.69, 9.17) is 10.5 Å². The van der Waals surface area contributed by atoms with E-state index < -0.39 is 10.0 Å². The minimum absolute atomic E-state index is 0.119. The van der Waals surface area contributed by atoms with Crippen LogP contribution in [0.2, 0.25) is 0 Å². The first-order valence-corrected chi connectivity index (χ1v) is 13.9. The van der Waals surface area contributed by atoms with Crippen molar-refractivity contribution in [2.75, 3.05) is 51.5 Å². The maximum Gasteiger partial charge on any atom is 0.243 e. The number of methoxy groups -OCH3 is 1. The molecule has 36 heavy (non-hydrogen) atoms. The molecule has 2 heterocycles. The Labute approximate surface area is 216 Å². The molecule has 0 spiro atoms. The standard InChI is InChI=1S/C22H33N9O3S2/c1-7-30(8-2)36(32,33)17-11-9-10-16(12-17)19-27-28-22(31(19)15(3)13-34-6)35-14-18-24-20(23)26-21(25-18)29(4)5/h9-12,15H,7-8,13-14H2,1-6H3,(H2,23,24,25,26). The summed E-state index contributed by atoms with van der Waals surface area (Å²) in [5.74, 6) is 2.06. The van der Waals surface area contributed by atoms with E-state index in [1.165, 1.54) is 16.1 Å². The van der Waals surface area contributed by atoms with Crippen LogP contribution in [0.15, 0.2) is 34.3 Å². The molecule has 12 nitrogen and oxygen atoms in total. The maximum atomic E-state index is 13.1.